The molecule has 0 atom stereocenters. The normalized spacial score (nSPS) is 10.1. The Morgan fingerprint density at radius 1 is 1.19 bits per heavy atom. The van der Waals surface area contributed by atoms with E-state index in [0.29, 0.717) is 18.4 Å². The van der Waals surface area contributed by atoms with Crippen molar-refractivity contribution in [2.45, 2.75) is 19.8 Å². The molecule has 0 unspecified atom stereocenters. The minimum atomic E-state index is 0.0574. The van der Waals surface area contributed by atoms with Crippen molar-refractivity contribution in [1.82, 2.24) is 0 Å². The minimum Gasteiger partial charge on any atom is -0.377 e. The van der Waals surface area contributed by atoms with E-state index >= 15 is 0 Å². The number of aryl methyl sites for hydroxylation is 1. The second-order valence-electron chi connectivity index (χ2n) is 3.72. The zero-order valence-corrected chi connectivity index (χ0v) is 9.66. The van der Waals surface area contributed by atoms with E-state index in [1.54, 1.807) is 12.1 Å². The summed E-state index contributed by atoms with van der Waals surface area (Å²) in [7, 11) is 1.51. The molecule has 0 heterocycles. The van der Waals surface area contributed by atoms with E-state index < -0.39 is 0 Å². The minimum absolute atomic E-state index is 0.0574. The molecular formula is C13H16O3. The maximum absolute atomic E-state index is 11.2. The molecule has 0 aliphatic rings. The monoisotopic (exact) mass is 220 g/mol. The van der Waals surface area contributed by atoms with Crippen LogP contribution in [0.3, 0.4) is 0 Å². The molecule has 1 rings (SSSR count). The molecule has 0 spiro atoms. The quantitative estimate of drug-likeness (QED) is 0.689. The number of rotatable bonds is 6. The summed E-state index contributed by atoms with van der Waals surface area (Å²) in [5, 5.41) is 0. The van der Waals surface area contributed by atoms with Gasteiger partial charge in [0.2, 0.25) is 0 Å². The molecule has 0 saturated heterocycles. The molecule has 3 heteroatoms. The number of Topliss-reactive ketones (excluding diaryl/α,β-unsaturated/α-hetero) is 2. The molecule has 0 N–H and O–H groups in total. The van der Waals surface area contributed by atoms with Gasteiger partial charge in [-0.05, 0) is 18.9 Å². The van der Waals surface area contributed by atoms with E-state index in [9.17, 15) is 9.59 Å². The molecule has 0 aliphatic heterocycles. The Morgan fingerprint density at radius 2 is 1.81 bits per heavy atom. The first-order valence-electron chi connectivity index (χ1n) is 5.24. The van der Waals surface area contributed by atoms with Crippen LogP contribution < -0.4 is 0 Å². The fraction of sp³-hybridized carbons (Fsp3) is 0.385. The summed E-state index contributed by atoms with van der Waals surface area (Å²) in [5.41, 5.74) is 1.77. The SMILES string of the molecule is COCC(=O)CCc1ccc(C(C)=O)cc1. The van der Waals surface area contributed by atoms with E-state index in [1.165, 1.54) is 14.0 Å². The molecule has 3 nitrogen and oxygen atoms in total. The molecule has 0 radical (unpaired) electrons. The highest BCUT2D eigenvalue weighted by molar-refractivity contribution is 5.94. The van der Waals surface area contributed by atoms with Crippen LogP contribution in [0.15, 0.2) is 24.3 Å². The van der Waals surface area contributed by atoms with Crippen LogP contribution in [0.4, 0.5) is 0 Å². The maximum atomic E-state index is 11.2. The summed E-state index contributed by atoms with van der Waals surface area (Å²) in [6.07, 6.45) is 1.17. The van der Waals surface area contributed by atoms with Crippen LogP contribution in [-0.4, -0.2) is 25.3 Å². The Kier molecular flexibility index (Phi) is 4.86. The number of ether oxygens (including phenoxy) is 1. The third-order valence-corrected chi connectivity index (χ3v) is 2.36. The highest BCUT2D eigenvalue weighted by Gasteiger charge is 2.03. The molecule has 0 fully saturated rings. The van der Waals surface area contributed by atoms with Crippen LogP contribution in [0.25, 0.3) is 0 Å². The van der Waals surface area contributed by atoms with E-state index in [4.69, 9.17) is 4.74 Å². The fourth-order valence-electron chi connectivity index (χ4n) is 1.42. The standard InChI is InChI=1S/C13H16O3/c1-10(14)12-6-3-11(4-7-12)5-8-13(15)9-16-2/h3-4,6-7H,5,8-9H2,1-2H3. The van der Waals surface area contributed by atoms with Crippen molar-refractivity contribution in [3.8, 4) is 0 Å². The lowest BCUT2D eigenvalue weighted by Gasteiger charge is -2.02. The van der Waals surface area contributed by atoms with Gasteiger partial charge in [-0.1, -0.05) is 24.3 Å². The lowest BCUT2D eigenvalue weighted by molar-refractivity contribution is -0.122. The summed E-state index contributed by atoms with van der Waals surface area (Å²) >= 11 is 0. The van der Waals surface area contributed by atoms with Crippen molar-refractivity contribution >= 4 is 11.6 Å². The Bertz CT molecular complexity index is 365. The molecule has 0 bridgehead atoms. The second kappa shape index (κ2) is 6.18. The van der Waals surface area contributed by atoms with E-state index in [-0.39, 0.29) is 18.2 Å². The van der Waals surface area contributed by atoms with Gasteiger partial charge in [-0.2, -0.15) is 0 Å². The van der Waals surface area contributed by atoms with Gasteiger partial charge < -0.3 is 4.74 Å². The van der Waals surface area contributed by atoms with Gasteiger partial charge in [0.05, 0.1) is 0 Å². The molecule has 1 aromatic rings. The van der Waals surface area contributed by atoms with E-state index in [1.807, 2.05) is 12.1 Å². The lowest BCUT2D eigenvalue weighted by Crippen LogP contribution is -2.07. The van der Waals surface area contributed by atoms with Crippen molar-refractivity contribution in [2.75, 3.05) is 13.7 Å². The van der Waals surface area contributed by atoms with Crippen LogP contribution in [0, 0.1) is 0 Å². The Balaban J connectivity index is 2.49. The Morgan fingerprint density at radius 3 is 2.31 bits per heavy atom. The second-order valence-corrected chi connectivity index (χ2v) is 3.72. The zero-order chi connectivity index (χ0) is 12.0. The third-order valence-electron chi connectivity index (χ3n) is 2.36. The van der Waals surface area contributed by atoms with Crippen molar-refractivity contribution in [2.24, 2.45) is 0 Å². The van der Waals surface area contributed by atoms with Crippen molar-refractivity contribution in [1.29, 1.82) is 0 Å². The van der Waals surface area contributed by atoms with E-state index in [2.05, 4.69) is 0 Å². The Labute approximate surface area is 95.4 Å². The average Bonchev–Trinajstić information content (AvgIpc) is 2.27. The summed E-state index contributed by atoms with van der Waals surface area (Å²) < 4.78 is 4.75. The van der Waals surface area contributed by atoms with Crippen LogP contribution in [0.1, 0.15) is 29.3 Å². The van der Waals surface area contributed by atoms with Gasteiger partial charge in [-0.25, -0.2) is 0 Å². The van der Waals surface area contributed by atoms with Crippen molar-refractivity contribution in [3.05, 3.63) is 35.4 Å². The first-order chi connectivity index (χ1) is 7.63. The summed E-state index contributed by atoms with van der Waals surface area (Å²) in [6.45, 7) is 1.71. The van der Waals surface area contributed by atoms with Gasteiger partial charge in [0.15, 0.2) is 11.6 Å². The third kappa shape index (κ3) is 3.95. The van der Waals surface area contributed by atoms with Gasteiger partial charge >= 0.3 is 0 Å². The predicted octanol–water partition coefficient (Wildman–Crippen LogP) is 2.04. The Hall–Kier alpha value is -1.48. The van der Waals surface area contributed by atoms with Crippen LogP contribution in [0.2, 0.25) is 0 Å². The molecule has 0 amide bonds. The molecule has 0 aromatic heterocycles. The largest absolute Gasteiger partial charge is 0.377 e. The molecule has 16 heavy (non-hydrogen) atoms. The van der Waals surface area contributed by atoms with Gasteiger partial charge in [0.25, 0.3) is 0 Å². The highest BCUT2D eigenvalue weighted by atomic mass is 16.5. The van der Waals surface area contributed by atoms with Gasteiger partial charge in [-0.15, -0.1) is 0 Å². The molecule has 1 aromatic carbocycles. The topological polar surface area (TPSA) is 43.4 Å². The maximum Gasteiger partial charge on any atom is 0.159 e. The molecule has 0 saturated carbocycles. The van der Waals surface area contributed by atoms with Crippen LogP contribution >= 0.6 is 0 Å². The number of hydrogen-bond donors (Lipinski definition) is 0. The molecular weight excluding hydrogens is 204 g/mol. The molecule has 86 valence electrons. The number of carbonyl (C=O) groups is 2. The lowest BCUT2D eigenvalue weighted by atomic mass is 10.0. The average molecular weight is 220 g/mol. The van der Waals surface area contributed by atoms with Crippen LogP contribution in [-0.2, 0) is 16.0 Å². The smallest absolute Gasteiger partial charge is 0.159 e. The number of benzene rings is 1. The first-order valence-corrected chi connectivity index (χ1v) is 5.24. The molecule has 0 aliphatic carbocycles. The van der Waals surface area contributed by atoms with Gasteiger partial charge in [0, 0.05) is 19.1 Å². The van der Waals surface area contributed by atoms with Crippen molar-refractivity contribution in [3.63, 3.8) is 0 Å². The first kappa shape index (κ1) is 12.6. The van der Waals surface area contributed by atoms with Gasteiger partial charge in [0.1, 0.15) is 6.61 Å². The number of carbonyl (C=O) groups excluding carboxylic acids is 2. The fourth-order valence-corrected chi connectivity index (χ4v) is 1.42. The van der Waals surface area contributed by atoms with Gasteiger partial charge in [-0.3, -0.25) is 9.59 Å². The summed E-state index contributed by atoms with van der Waals surface area (Å²) in [4.78, 5) is 22.2. The van der Waals surface area contributed by atoms with E-state index in [0.717, 1.165) is 5.56 Å². The number of ketones is 2. The van der Waals surface area contributed by atoms with Crippen molar-refractivity contribution < 1.29 is 14.3 Å². The summed E-state index contributed by atoms with van der Waals surface area (Å²) in [5.74, 6) is 0.153. The predicted molar refractivity (Wildman–Crippen MR) is 61.7 cm³/mol. The number of hydrogen-bond acceptors (Lipinski definition) is 3. The van der Waals surface area contributed by atoms with Crippen LogP contribution in [0.5, 0.6) is 0 Å². The zero-order valence-electron chi connectivity index (χ0n) is 9.66. The highest BCUT2D eigenvalue weighted by Crippen LogP contribution is 2.07. The number of methoxy groups -OCH3 is 1. The summed E-state index contributed by atoms with van der Waals surface area (Å²) in [6, 6.07) is 7.35.